The minimum Gasteiger partial charge on any atom is -0.380 e. The maximum absolute atomic E-state index is 12.3. The molecule has 2 atom stereocenters. The number of aromatic nitrogens is 2. The summed E-state index contributed by atoms with van der Waals surface area (Å²) < 4.78 is 7.27. The van der Waals surface area contributed by atoms with E-state index in [4.69, 9.17) is 4.74 Å². The molecular formula is C16H28N4O2. The van der Waals surface area contributed by atoms with Gasteiger partial charge in [0.1, 0.15) is 0 Å². The molecule has 124 valence electrons. The Morgan fingerprint density at radius 3 is 2.77 bits per heavy atom. The fourth-order valence-electron chi connectivity index (χ4n) is 3.05. The third-order valence-electron chi connectivity index (χ3n) is 4.84. The van der Waals surface area contributed by atoms with Crippen molar-refractivity contribution in [3.05, 3.63) is 17.5 Å². The Hall–Kier alpha value is -1.40. The summed E-state index contributed by atoms with van der Waals surface area (Å²) in [6.45, 7) is 3.74. The molecule has 2 rings (SSSR count). The van der Waals surface area contributed by atoms with Crippen molar-refractivity contribution in [3.8, 4) is 0 Å². The minimum atomic E-state index is 0.192. The maximum atomic E-state index is 12.3. The molecule has 0 aromatic carbocycles. The second kappa shape index (κ2) is 7.24. The third kappa shape index (κ3) is 3.87. The summed E-state index contributed by atoms with van der Waals surface area (Å²) in [5.74, 6) is 0.192. The number of amides is 1. The Morgan fingerprint density at radius 2 is 2.23 bits per heavy atom. The zero-order valence-corrected chi connectivity index (χ0v) is 14.4. The van der Waals surface area contributed by atoms with Gasteiger partial charge in [0.05, 0.1) is 12.3 Å². The second-order valence-electron chi connectivity index (χ2n) is 6.34. The second-order valence-corrected chi connectivity index (χ2v) is 6.34. The molecule has 0 aliphatic carbocycles. The van der Waals surface area contributed by atoms with Crippen molar-refractivity contribution >= 4 is 5.91 Å². The maximum Gasteiger partial charge on any atom is 0.222 e. The van der Waals surface area contributed by atoms with Crippen LogP contribution in [0.2, 0.25) is 0 Å². The average Bonchev–Trinajstić information content (AvgIpc) is 3.01. The van der Waals surface area contributed by atoms with Crippen molar-refractivity contribution in [1.29, 1.82) is 0 Å². The number of ether oxygens (including phenoxy) is 1. The number of carbonyl (C=O) groups is 1. The van der Waals surface area contributed by atoms with Crippen molar-refractivity contribution < 1.29 is 9.53 Å². The van der Waals surface area contributed by atoms with Crippen molar-refractivity contribution in [2.45, 2.75) is 38.3 Å². The number of methoxy groups -OCH3 is 1. The van der Waals surface area contributed by atoms with Crippen molar-refractivity contribution in [2.24, 2.45) is 7.05 Å². The molecular weight excluding hydrogens is 280 g/mol. The Kier molecular flexibility index (Phi) is 5.58. The predicted molar refractivity (Wildman–Crippen MR) is 85.7 cm³/mol. The molecule has 1 saturated heterocycles. The van der Waals surface area contributed by atoms with Crippen LogP contribution in [-0.4, -0.2) is 71.9 Å². The first-order chi connectivity index (χ1) is 10.4. The quantitative estimate of drug-likeness (QED) is 0.781. The van der Waals surface area contributed by atoms with E-state index in [1.165, 1.54) is 0 Å². The fourth-order valence-corrected chi connectivity index (χ4v) is 3.05. The fraction of sp³-hybridized carbons (Fsp3) is 0.750. The monoisotopic (exact) mass is 308 g/mol. The molecule has 6 nitrogen and oxygen atoms in total. The van der Waals surface area contributed by atoms with Gasteiger partial charge in [0.25, 0.3) is 0 Å². The SMILES string of the molecule is CO[C@H]1C[C@@H](CN(C)C(=O)CCc2cnn(C)c2C)N(C)C1. The Bertz CT molecular complexity index is 514. The van der Waals surface area contributed by atoms with Crippen molar-refractivity contribution in [1.82, 2.24) is 19.6 Å². The number of carbonyl (C=O) groups excluding carboxylic acids is 1. The van der Waals surface area contributed by atoms with Gasteiger partial charge in [-0.25, -0.2) is 0 Å². The van der Waals surface area contributed by atoms with Crippen LogP contribution >= 0.6 is 0 Å². The topological polar surface area (TPSA) is 50.6 Å². The molecule has 0 unspecified atom stereocenters. The van der Waals surface area contributed by atoms with Gasteiger partial charge < -0.3 is 9.64 Å². The van der Waals surface area contributed by atoms with Crippen LogP contribution in [0.25, 0.3) is 0 Å². The van der Waals surface area contributed by atoms with Gasteiger partial charge in [-0.3, -0.25) is 14.4 Å². The van der Waals surface area contributed by atoms with E-state index in [2.05, 4.69) is 17.0 Å². The number of hydrogen-bond donors (Lipinski definition) is 0. The van der Waals surface area contributed by atoms with Crippen molar-refractivity contribution in [2.75, 3.05) is 34.3 Å². The van der Waals surface area contributed by atoms with Crippen LogP contribution < -0.4 is 0 Å². The number of rotatable bonds is 6. The number of nitrogens with zero attached hydrogens (tertiary/aromatic N) is 4. The molecule has 2 heterocycles. The summed E-state index contributed by atoms with van der Waals surface area (Å²) in [7, 11) is 7.67. The normalized spacial score (nSPS) is 22.2. The highest BCUT2D eigenvalue weighted by atomic mass is 16.5. The van der Waals surface area contributed by atoms with Gasteiger partial charge in [-0.05, 0) is 32.4 Å². The van der Waals surface area contributed by atoms with Crippen LogP contribution in [0.1, 0.15) is 24.1 Å². The van der Waals surface area contributed by atoms with Gasteiger partial charge in [0.15, 0.2) is 0 Å². The molecule has 1 aliphatic heterocycles. The highest BCUT2D eigenvalue weighted by Gasteiger charge is 2.30. The Labute approximate surface area is 133 Å². The standard InChI is InChI=1S/C16H28N4O2/c1-12-13(9-17-20(12)4)6-7-16(21)19(3)10-14-8-15(22-5)11-18(14)2/h9,14-15H,6-8,10-11H2,1-5H3/t14-,15-/m0/s1. The van der Waals surface area contributed by atoms with E-state index in [0.29, 0.717) is 12.5 Å². The molecule has 0 saturated carbocycles. The summed E-state index contributed by atoms with van der Waals surface area (Å²) in [6.07, 6.45) is 4.43. The van der Waals surface area contributed by atoms with Gasteiger partial charge in [-0.2, -0.15) is 5.10 Å². The lowest BCUT2D eigenvalue weighted by Crippen LogP contribution is -2.39. The van der Waals surface area contributed by atoms with E-state index in [9.17, 15) is 4.79 Å². The lowest BCUT2D eigenvalue weighted by molar-refractivity contribution is -0.130. The van der Waals surface area contributed by atoms with E-state index >= 15 is 0 Å². The average molecular weight is 308 g/mol. The van der Waals surface area contributed by atoms with E-state index < -0.39 is 0 Å². The lowest BCUT2D eigenvalue weighted by Gasteiger charge is -2.25. The van der Waals surface area contributed by atoms with Gasteiger partial charge in [0.2, 0.25) is 5.91 Å². The van der Waals surface area contributed by atoms with Crippen molar-refractivity contribution in [3.63, 3.8) is 0 Å². The summed E-state index contributed by atoms with van der Waals surface area (Å²) in [6, 6.07) is 0.388. The van der Waals surface area contributed by atoms with Gasteiger partial charge in [-0.1, -0.05) is 0 Å². The molecule has 1 aliphatic rings. The molecule has 22 heavy (non-hydrogen) atoms. The number of likely N-dealkylation sites (N-methyl/N-ethyl adjacent to an activating group) is 2. The smallest absolute Gasteiger partial charge is 0.222 e. The van der Waals surface area contributed by atoms with Gasteiger partial charge >= 0.3 is 0 Å². The van der Waals surface area contributed by atoms with E-state index in [1.54, 1.807) is 7.11 Å². The van der Waals surface area contributed by atoms with Gasteiger partial charge in [0, 0.05) is 52.5 Å². The van der Waals surface area contributed by atoms with Crippen LogP contribution in [0.3, 0.4) is 0 Å². The molecule has 1 amide bonds. The summed E-state index contributed by atoms with van der Waals surface area (Å²) in [5.41, 5.74) is 2.29. The van der Waals surface area contributed by atoms with Crippen LogP contribution in [-0.2, 0) is 23.0 Å². The first-order valence-electron chi connectivity index (χ1n) is 7.86. The first kappa shape index (κ1) is 17.0. The molecule has 0 bridgehead atoms. The number of hydrogen-bond acceptors (Lipinski definition) is 4. The Balaban J connectivity index is 1.81. The largest absolute Gasteiger partial charge is 0.380 e. The summed E-state index contributed by atoms with van der Waals surface area (Å²) in [5, 5.41) is 4.22. The van der Waals surface area contributed by atoms with E-state index in [-0.39, 0.29) is 12.0 Å². The van der Waals surface area contributed by atoms with Crippen LogP contribution in [0.15, 0.2) is 6.20 Å². The zero-order chi connectivity index (χ0) is 16.3. The lowest BCUT2D eigenvalue weighted by atomic mass is 10.1. The van der Waals surface area contributed by atoms with E-state index in [1.807, 2.05) is 36.8 Å². The predicted octanol–water partition coefficient (Wildman–Crippen LogP) is 0.839. The molecule has 1 aromatic rings. The van der Waals surface area contributed by atoms with Crippen LogP contribution in [0, 0.1) is 6.92 Å². The van der Waals surface area contributed by atoms with E-state index in [0.717, 1.165) is 37.2 Å². The Morgan fingerprint density at radius 1 is 1.50 bits per heavy atom. The van der Waals surface area contributed by atoms with Crippen LogP contribution in [0.4, 0.5) is 0 Å². The molecule has 0 spiro atoms. The highest BCUT2D eigenvalue weighted by Crippen LogP contribution is 2.19. The summed E-state index contributed by atoms with van der Waals surface area (Å²) in [4.78, 5) is 16.5. The summed E-state index contributed by atoms with van der Waals surface area (Å²) >= 11 is 0. The molecule has 6 heteroatoms. The zero-order valence-electron chi connectivity index (χ0n) is 14.4. The number of aryl methyl sites for hydroxylation is 2. The highest BCUT2D eigenvalue weighted by molar-refractivity contribution is 5.76. The van der Waals surface area contributed by atoms with Gasteiger partial charge in [-0.15, -0.1) is 0 Å². The molecule has 0 N–H and O–H groups in total. The molecule has 0 radical (unpaired) electrons. The minimum absolute atomic E-state index is 0.192. The molecule has 1 fully saturated rings. The molecule has 1 aromatic heterocycles. The number of likely N-dealkylation sites (tertiary alicyclic amines) is 1. The van der Waals surface area contributed by atoms with Crippen LogP contribution in [0.5, 0.6) is 0 Å². The first-order valence-corrected chi connectivity index (χ1v) is 7.86. The third-order valence-corrected chi connectivity index (χ3v) is 4.84.